The highest BCUT2D eigenvalue weighted by molar-refractivity contribution is 7.15. The highest BCUT2D eigenvalue weighted by Gasteiger charge is 2.13. The Morgan fingerprint density at radius 3 is 2.67 bits per heavy atom. The van der Waals surface area contributed by atoms with Crippen molar-refractivity contribution in [3.8, 4) is 21.1 Å². The molecule has 106 valence electrons. The van der Waals surface area contributed by atoms with E-state index in [0.29, 0.717) is 10.0 Å². The number of rotatable bonds is 3. The fraction of sp³-hybridized carbons (Fsp3) is 0. The van der Waals surface area contributed by atoms with Crippen molar-refractivity contribution in [3.63, 3.8) is 0 Å². The SMILES string of the molecule is O=C(O)c1csc(-c2csc(-c3cc(Cl)ccc3Cl)n2)c1. The highest BCUT2D eigenvalue weighted by atomic mass is 35.5. The van der Waals surface area contributed by atoms with E-state index in [1.807, 2.05) is 5.38 Å². The van der Waals surface area contributed by atoms with Gasteiger partial charge in [0.25, 0.3) is 0 Å². The van der Waals surface area contributed by atoms with E-state index in [-0.39, 0.29) is 5.56 Å². The number of thiazole rings is 1. The fourth-order valence-corrected chi connectivity index (χ4v) is 3.96. The van der Waals surface area contributed by atoms with E-state index in [9.17, 15) is 4.79 Å². The van der Waals surface area contributed by atoms with Gasteiger partial charge in [0, 0.05) is 21.3 Å². The molecule has 0 saturated carbocycles. The second kappa shape index (κ2) is 5.77. The molecule has 3 aromatic rings. The second-order valence-electron chi connectivity index (χ2n) is 4.17. The standard InChI is InChI=1S/C14H7Cl2NO2S2/c15-8-1-2-10(16)9(4-8)13-17-11(6-21-13)12-3-7(5-20-12)14(18)19/h1-6H,(H,18,19). The van der Waals surface area contributed by atoms with Crippen LogP contribution in [0.2, 0.25) is 10.0 Å². The van der Waals surface area contributed by atoms with Gasteiger partial charge in [0.2, 0.25) is 0 Å². The Labute approximate surface area is 138 Å². The maximum Gasteiger partial charge on any atom is 0.336 e. The molecular formula is C14H7Cl2NO2S2. The van der Waals surface area contributed by atoms with Gasteiger partial charge in [0.1, 0.15) is 5.01 Å². The molecule has 3 rings (SSSR count). The smallest absolute Gasteiger partial charge is 0.336 e. The van der Waals surface area contributed by atoms with Crippen LogP contribution in [0.3, 0.4) is 0 Å². The minimum absolute atomic E-state index is 0.269. The zero-order valence-electron chi connectivity index (χ0n) is 10.3. The molecule has 0 aliphatic heterocycles. The lowest BCUT2D eigenvalue weighted by atomic mass is 10.2. The maximum atomic E-state index is 10.9. The molecule has 21 heavy (non-hydrogen) atoms. The first-order valence-electron chi connectivity index (χ1n) is 5.78. The van der Waals surface area contributed by atoms with Crippen LogP contribution in [0, 0.1) is 0 Å². The third-order valence-electron chi connectivity index (χ3n) is 2.76. The number of aromatic carboxylic acids is 1. The first kappa shape index (κ1) is 14.5. The Balaban J connectivity index is 1.99. The van der Waals surface area contributed by atoms with Crippen molar-refractivity contribution in [3.05, 3.63) is 50.6 Å². The number of halogens is 2. The number of carboxylic acids is 1. The van der Waals surface area contributed by atoms with E-state index in [2.05, 4.69) is 4.98 Å². The lowest BCUT2D eigenvalue weighted by molar-refractivity contribution is 0.0697. The number of aromatic nitrogens is 1. The summed E-state index contributed by atoms with van der Waals surface area (Å²) < 4.78 is 0. The summed E-state index contributed by atoms with van der Waals surface area (Å²) in [6, 6.07) is 6.84. The van der Waals surface area contributed by atoms with Gasteiger partial charge in [-0.2, -0.15) is 0 Å². The molecule has 0 aliphatic carbocycles. The molecule has 0 spiro atoms. The van der Waals surface area contributed by atoms with Crippen LogP contribution in [0.1, 0.15) is 10.4 Å². The van der Waals surface area contributed by atoms with Crippen LogP contribution in [0.15, 0.2) is 35.0 Å². The van der Waals surface area contributed by atoms with E-state index in [1.165, 1.54) is 22.7 Å². The Morgan fingerprint density at radius 2 is 1.95 bits per heavy atom. The Bertz CT molecular complexity index is 826. The van der Waals surface area contributed by atoms with Gasteiger partial charge in [-0.15, -0.1) is 22.7 Å². The first-order valence-corrected chi connectivity index (χ1v) is 8.29. The summed E-state index contributed by atoms with van der Waals surface area (Å²) in [5.74, 6) is -0.939. The van der Waals surface area contributed by atoms with E-state index in [0.717, 1.165) is 21.1 Å². The van der Waals surface area contributed by atoms with Gasteiger partial charge < -0.3 is 5.11 Å². The number of hydrogen-bond donors (Lipinski definition) is 1. The van der Waals surface area contributed by atoms with Crippen LogP contribution in [-0.4, -0.2) is 16.1 Å². The topological polar surface area (TPSA) is 50.2 Å². The minimum Gasteiger partial charge on any atom is -0.478 e. The van der Waals surface area contributed by atoms with Crippen LogP contribution < -0.4 is 0 Å². The zero-order chi connectivity index (χ0) is 15.0. The molecule has 1 aromatic carbocycles. The molecule has 0 amide bonds. The molecule has 2 heterocycles. The quantitative estimate of drug-likeness (QED) is 0.670. The highest BCUT2D eigenvalue weighted by Crippen LogP contribution is 2.36. The molecule has 0 saturated heterocycles. The lowest BCUT2D eigenvalue weighted by Gasteiger charge is -2.00. The van der Waals surface area contributed by atoms with Crippen molar-refractivity contribution in [1.29, 1.82) is 0 Å². The van der Waals surface area contributed by atoms with Crippen molar-refractivity contribution >= 4 is 51.8 Å². The normalized spacial score (nSPS) is 10.8. The second-order valence-corrected chi connectivity index (χ2v) is 6.78. The number of nitrogens with zero attached hydrogens (tertiary/aromatic N) is 1. The van der Waals surface area contributed by atoms with Crippen LogP contribution >= 0.6 is 45.9 Å². The van der Waals surface area contributed by atoms with Gasteiger partial charge in [-0.1, -0.05) is 23.2 Å². The molecule has 1 N–H and O–H groups in total. The van der Waals surface area contributed by atoms with Crippen molar-refractivity contribution in [1.82, 2.24) is 4.98 Å². The molecule has 3 nitrogen and oxygen atoms in total. The molecule has 2 aromatic heterocycles. The first-order chi connectivity index (χ1) is 10.0. The van der Waals surface area contributed by atoms with Crippen molar-refractivity contribution < 1.29 is 9.90 Å². The predicted molar refractivity (Wildman–Crippen MR) is 87.8 cm³/mol. The number of thiophene rings is 1. The average Bonchev–Trinajstić information content (AvgIpc) is 3.09. The Hall–Kier alpha value is -1.40. The monoisotopic (exact) mass is 355 g/mol. The summed E-state index contributed by atoms with van der Waals surface area (Å²) in [6.07, 6.45) is 0. The third kappa shape index (κ3) is 2.96. The number of hydrogen-bond acceptors (Lipinski definition) is 4. The summed E-state index contributed by atoms with van der Waals surface area (Å²) in [4.78, 5) is 16.2. The molecule has 0 aliphatic rings. The van der Waals surface area contributed by atoms with E-state index >= 15 is 0 Å². The molecule has 0 radical (unpaired) electrons. The van der Waals surface area contributed by atoms with Crippen LogP contribution in [-0.2, 0) is 0 Å². The summed E-state index contributed by atoms with van der Waals surface area (Å²) >= 11 is 14.9. The Kier molecular flexibility index (Phi) is 3.99. The number of carboxylic acid groups (broad SMARTS) is 1. The van der Waals surface area contributed by atoms with E-state index in [4.69, 9.17) is 28.3 Å². The summed E-state index contributed by atoms with van der Waals surface area (Å²) in [7, 11) is 0. The van der Waals surface area contributed by atoms with Gasteiger partial charge in [-0.25, -0.2) is 9.78 Å². The van der Waals surface area contributed by atoms with Crippen molar-refractivity contribution in [2.75, 3.05) is 0 Å². The minimum atomic E-state index is -0.939. The predicted octanol–water partition coefficient (Wildman–Crippen LogP) is 5.54. The average molecular weight is 356 g/mol. The molecular weight excluding hydrogens is 349 g/mol. The van der Waals surface area contributed by atoms with Gasteiger partial charge in [-0.3, -0.25) is 0 Å². The zero-order valence-corrected chi connectivity index (χ0v) is 13.5. The van der Waals surface area contributed by atoms with Gasteiger partial charge in [-0.05, 0) is 24.3 Å². The molecule has 0 bridgehead atoms. The molecule has 7 heteroatoms. The van der Waals surface area contributed by atoms with Crippen LogP contribution in [0.4, 0.5) is 0 Å². The third-order valence-corrected chi connectivity index (χ3v) is 5.15. The van der Waals surface area contributed by atoms with E-state index in [1.54, 1.807) is 29.6 Å². The van der Waals surface area contributed by atoms with Crippen LogP contribution in [0.5, 0.6) is 0 Å². The van der Waals surface area contributed by atoms with Crippen molar-refractivity contribution in [2.45, 2.75) is 0 Å². The molecule has 0 atom stereocenters. The largest absolute Gasteiger partial charge is 0.478 e. The summed E-state index contributed by atoms with van der Waals surface area (Å²) in [5, 5.41) is 14.4. The molecule has 0 unspecified atom stereocenters. The molecule has 0 fully saturated rings. The maximum absolute atomic E-state index is 10.9. The summed E-state index contributed by atoms with van der Waals surface area (Å²) in [5.41, 5.74) is 1.78. The van der Waals surface area contributed by atoms with Gasteiger partial charge in [0.15, 0.2) is 0 Å². The van der Waals surface area contributed by atoms with Crippen molar-refractivity contribution in [2.24, 2.45) is 0 Å². The Morgan fingerprint density at radius 1 is 1.14 bits per heavy atom. The number of carbonyl (C=O) groups is 1. The van der Waals surface area contributed by atoms with Gasteiger partial charge in [0.05, 0.1) is 21.2 Å². The van der Waals surface area contributed by atoms with Gasteiger partial charge >= 0.3 is 5.97 Å². The fourth-order valence-electron chi connectivity index (χ4n) is 1.75. The van der Waals surface area contributed by atoms with Crippen LogP contribution in [0.25, 0.3) is 21.1 Å². The number of benzene rings is 1. The van der Waals surface area contributed by atoms with E-state index < -0.39 is 5.97 Å². The lowest BCUT2D eigenvalue weighted by Crippen LogP contribution is -1.91. The summed E-state index contributed by atoms with van der Waals surface area (Å²) in [6.45, 7) is 0.